The van der Waals surface area contributed by atoms with Crippen LogP contribution >= 0.6 is 27.3 Å². The molecule has 3 rings (SSSR count). The van der Waals surface area contributed by atoms with Gasteiger partial charge >= 0.3 is 5.97 Å². The summed E-state index contributed by atoms with van der Waals surface area (Å²) < 4.78 is 11.9. The zero-order valence-electron chi connectivity index (χ0n) is 17.0. The number of rotatable bonds is 7. The highest BCUT2D eigenvalue weighted by Gasteiger charge is 2.20. The quantitative estimate of drug-likeness (QED) is 0.415. The Balaban J connectivity index is 1.78. The maximum absolute atomic E-state index is 12.6. The lowest BCUT2D eigenvalue weighted by Gasteiger charge is -2.12. The Morgan fingerprint density at radius 1 is 1.07 bits per heavy atom. The zero-order valence-corrected chi connectivity index (χ0v) is 19.4. The minimum absolute atomic E-state index is 0.163. The van der Waals surface area contributed by atoms with E-state index in [1.807, 2.05) is 56.3 Å². The molecule has 0 radical (unpaired) electrons. The molecular formula is C23H22BrNO4S. The first-order valence-corrected chi connectivity index (χ1v) is 11.1. The maximum atomic E-state index is 12.6. The number of benzene rings is 2. The van der Waals surface area contributed by atoms with Crippen molar-refractivity contribution in [2.45, 2.75) is 20.8 Å². The van der Waals surface area contributed by atoms with Gasteiger partial charge in [0.15, 0.2) is 6.61 Å². The lowest BCUT2D eigenvalue weighted by molar-refractivity contribution is -0.118. The van der Waals surface area contributed by atoms with Gasteiger partial charge in [-0.25, -0.2) is 4.79 Å². The maximum Gasteiger partial charge on any atom is 0.341 e. The summed E-state index contributed by atoms with van der Waals surface area (Å²) in [6, 6.07) is 15.3. The molecule has 156 valence electrons. The van der Waals surface area contributed by atoms with Crippen molar-refractivity contribution >= 4 is 44.1 Å². The average molecular weight is 488 g/mol. The molecule has 1 N–H and O–H groups in total. The number of hydrogen-bond acceptors (Lipinski definition) is 5. The molecule has 1 amide bonds. The standard InChI is InChI=1S/C23H22BrNO4S/c1-4-28-23(27)18-12-19(16-8-6-5-7-9-16)30-22(18)25-20(26)13-29-21-14(2)10-17(24)11-15(21)3/h5-12H,4,13H2,1-3H3,(H,25,26). The molecule has 0 aliphatic rings. The number of aryl methyl sites for hydroxylation is 2. The third kappa shape index (κ3) is 5.29. The molecule has 0 spiro atoms. The van der Waals surface area contributed by atoms with Gasteiger partial charge in [0.2, 0.25) is 0 Å². The fraction of sp³-hybridized carbons (Fsp3) is 0.217. The Morgan fingerprint density at radius 3 is 2.37 bits per heavy atom. The Kier molecular flexibility index (Phi) is 7.29. The lowest BCUT2D eigenvalue weighted by Crippen LogP contribution is -2.21. The lowest BCUT2D eigenvalue weighted by atomic mass is 10.1. The van der Waals surface area contributed by atoms with E-state index >= 15 is 0 Å². The van der Waals surface area contributed by atoms with Crippen LogP contribution in [0.1, 0.15) is 28.4 Å². The van der Waals surface area contributed by atoms with Gasteiger partial charge in [-0.05, 0) is 55.7 Å². The second kappa shape index (κ2) is 9.91. The van der Waals surface area contributed by atoms with E-state index in [4.69, 9.17) is 9.47 Å². The summed E-state index contributed by atoms with van der Waals surface area (Å²) in [5.74, 6) is -0.134. The molecule has 0 unspecified atom stereocenters. The summed E-state index contributed by atoms with van der Waals surface area (Å²) in [6.45, 7) is 5.69. The van der Waals surface area contributed by atoms with E-state index < -0.39 is 5.97 Å². The molecular weight excluding hydrogens is 466 g/mol. The van der Waals surface area contributed by atoms with Crippen LogP contribution in [0.15, 0.2) is 53.0 Å². The van der Waals surface area contributed by atoms with Gasteiger partial charge in [0.25, 0.3) is 5.91 Å². The van der Waals surface area contributed by atoms with Crippen LogP contribution in [0.25, 0.3) is 10.4 Å². The predicted molar refractivity (Wildman–Crippen MR) is 123 cm³/mol. The molecule has 3 aromatic rings. The molecule has 7 heteroatoms. The first-order valence-electron chi connectivity index (χ1n) is 9.44. The van der Waals surface area contributed by atoms with E-state index in [0.29, 0.717) is 16.3 Å². The summed E-state index contributed by atoms with van der Waals surface area (Å²) in [4.78, 5) is 25.8. The molecule has 0 saturated carbocycles. The van der Waals surface area contributed by atoms with Gasteiger partial charge in [-0.1, -0.05) is 46.3 Å². The number of esters is 1. The summed E-state index contributed by atoms with van der Waals surface area (Å²) >= 11 is 4.78. The van der Waals surface area contributed by atoms with Crippen molar-refractivity contribution in [1.82, 2.24) is 0 Å². The fourth-order valence-electron chi connectivity index (χ4n) is 3.01. The first kappa shape index (κ1) is 22.1. The number of hydrogen-bond donors (Lipinski definition) is 1. The highest BCUT2D eigenvalue weighted by Crippen LogP contribution is 2.36. The number of carbonyl (C=O) groups is 2. The number of anilines is 1. The van der Waals surface area contributed by atoms with Gasteiger partial charge < -0.3 is 14.8 Å². The Morgan fingerprint density at radius 2 is 1.73 bits per heavy atom. The van der Waals surface area contributed by atoms with Crippen molar-refractivity contribution in [2.24, 2.45) is 0 Å². The van der Waals surface area contributed by atoms with Gasteiger partial charge in [0.1, 0.15) is 10.8 Å². The molecule has 1 heterocycles. The monoisotopic (exact) mass is 487 g/mol. The molecule has 0 aliphatic carbocycles. The van der Waals surface area contributed by atoms with Crippen LogP contribution in [0.5, 0.6) is 5.75 Å². The van der Waals surface area contributed by atoms with Crippen LogP contribution < -0.4 is 10.1 Å². The Labute approximate surface area is 188 Å². The molecule has 30 heavy (non-hydrogen) atoms. The largest absolute Gasteiger partial charge is 0.483 e. The minimum Gasteiger partial charge on any atom is -0.483 e. The third-order valence-corrected chi connectivity index (χ3v) is 5.87. The number of amides is 1. The Bertz CT molecular complexity index is 1040. The van der Waals surface area contributed by atoms with Gasteiger partial charge in [-0.3, -0.25) is 4.79 Å². The van der Waals surface area contributed by atoms with Crippen molar-refractivity contribution in [3.8, 4) is 16.2 Å². The van der Waals surface area contributed by atoms with E-state index in [9.17, 15) is 9.59 Å². The highest BCUT2D eigenvalue weighted by molar-refractivity contribution is 9.10. The van der Waals surface area contributed by atoms with Gasteiger partial charge in [0.05, 0.1) is 12.2 Å². The van der Waals surface area contributed by atoms with Gasteiger partial charge in [0, 0.05) is 9.35 Å². The van der Waals surface area contributed by atoms with Crippen LogP contribution in [-0.2, 0) is 9.53 Å². The number of halogens is 1. The van der Waals surface area contributed by atoms with Crippen molar-refractivity contribution < 1.29 is 19.1 Å². The number of carbonyl (C=O) groups excluding carboxylic acids is 2. The second-order valence-corrected chi connectivity index (χ2v) is 8.61. The average Bonchev–Trinajstić information content (AvgIpc) is 3.12. The van der Waals surface area contributed by atoms with Crippen LogP contribution in [-0.4, -0.2) is 25.1 Å². The third-order valence-electron chi connectivity index (χ3n) is 4.31. The Hall–Kier alpha value is -2.64. The van der Waals surface area contributed by atoms with Crippen LogP contribution in [0.3, 0.4) is 0 Å². The highest BCUT2D eigenvalue weighted by atomic mass is 79.9. The number of thiophene rings is 1. The topological polar surface area (TPSA) is 64.6 Å². The van der Waals surface area contributed by atoms with E-state index in [0.717, 1.165) is 26.0 Å². The predicted octanol–water partition coefficient (Wildman–Crippen LogP) is 5.99. The number of nitrogens with one attached hydrogen (secondary N) is 1. The van der Waals surface area contributed by atoms with Crippen LogP contribution in [0.2, 0.25) is 0 Å². The number of ether oxygens (including phenoxy) is 2. The van der Waals surface area contributed by atoms with E-state index in [2.05, 4.69) is 21.2 Å². The van der Waals surface area contributed by atoms with E-state index in [1.165, 1.54) is 11.3 Å². The smallest absolute Gasteiger partial charge is 0.341 e. The summed E-state index contributed by atoms with van der Waals surface area (Å²) in [5, 5.41) is 3.25. The molecule has 0 atom stereocenters. The molecule has 0 saturated heterocycles. The molecule has 1 aromatic heterocycles. The molecule has 2 aromatic carbocycles. The van der Waals surface area contributed by atoms with Crippen molar-refractivity contribution in [3.63, 3.8) is 0 Å². The van der Waals surface area contributed by atoms with E-state index in [-0.39, 0.29) is 19.1 Å². The molecule has 0 aliphatic heterocycles. The fourth-order valence-corrected chi connectivity index (χ4v) is 4.77. The van der Waals surface area contributed by atoms with Gasteiger partial charge in [-0.15, -0.1) is 11.3 Å². The molecule has 0 bridgehead atoms. The molecule has 5 nitrogen and oxygen atoms in total. The van der Waals surface area contributed by atoms with Crippen molar-refractivity contribution in [3.05, 3.63) is 69.7 Å². The normalized spacial score (nSPS) is 10.5. The zero-order chi connectivity index (χ0) is 21.7. The van der Waals surface area contributed by atoms with E-state index in [1.54, 1.807) is 13.0 Å². The minimum atomic E-state index is -0.466. The summed E-state index contributed by atoms with van der Waals surface area (Å²) in [5.41, 5.74) is 3.17. The summed E-state index contributed by atoms with van der Waals surface area (Å²) in [7, 11) is 0. The van der Waals surface area contributed by atoms with Crippen molar-refractivity contribution in [1.29, 1.82) is 0 Å². The SMILES string of the molecule is CCOC(=O)c1cc(-c2ccccc2)sc1NC(=O)COc1c(C)cc(Br)cc1C. The van der Waals surface area contributed by atoms with Crippen molar-refractivity contribution in [2.75, 3.05) is 18.5 Å². The molecule has 0 fully saturated rings. The van der Waals surface area contributed by atoms with Crippen LogP contribution in [0, 0.1) is 13.8 Å². The first-order chi connectivity index (χ1) is 14.4. The van der Waals surface area contributed by atoms with Crippen LogP contribution in [0.4, 0.5) is 5.00 Å². The summed E-state index contributed by atoms with van der Waals surface area (Å²) in [6.07, 6.45) is 0. The van der Waals surface area contributed by atoms with Gasteiger partial charge in [-0.2, -0.15) is 0 Å². The second-order valence-electron chi connectivity index (χ2n) is 6.65.